The fraction of sp³-hybridized carbons (Fsp3) is 0.368. The quantitative estimate of drug-likeness (QED) is 0.823. The zero-order chi connectivity index (χ0) is 19.7. The van der Waals surface area contributed by atoms with Crippen molar-refractivity contribution in [3.05, 3.63) is 53.6 Å². The van der Waals surface area contributed by atoms with E-state index in [9.17, 15) is 16.8 Å². The predicted octanol–water partition coefficient (Wildman–Crippen LogP) is 3.28. The van der Waals surface area contributed by atoms with Crippen LogP contribution in [-0.2, 0) is 20.0 Å². The van der Waals surface area contributed by atoms with Crippen molar-refractivity contribution >= 4 is 25.7 Å². The van der Waals surface area contributed by atoms with Crippen LogP contribution in [0, 0.1) is 13.8 Å². The molecule has 3 rings (SSSR count). The van der Waals surface area contributed by atoms with Crippen LogP contribution in [0.4, 0.5) is 5.69 Å². The summed E-state index contributed by atoms with van der Waals surface area (Å²) >= 11 is 0. The van der Waals surface area contributed by atoms with Gasteiger partial charge in [0, 0.05) is 13.1 Å². The predicted molar refractivity (Wildman–Crippen MR) is 106 cm³/mol. The fourth-order valence-electron chi connectivity index (χ4n) is 3.18. The van der Waals surface area contributed by atoms with Gasteiger partial charge in [0.05, 0.1) is 15.5 Å². The minimum atomic E-state index is -3.81. The van der Waals surface area contributed by atoms with Gasteiger partial charge in [-0.05, 0) is 62.1 Å². The maximum Gasteiger partial charge on any atom is 0.262 e. The van der Waals surface area contributed by atoms with E-state index in [0.717, 1.165) is 24.8 Å². The molecule has 1 heterocycles. The minimum Gasteiger partial charge on any atom is -0.280 e. The highest BCUT2D eigenvalue weighted by Crippen LogP contribution is 2.25. The van der Waals surface area contributed by atoms with Gasteiger partial charge in [-0.1, -0.05) is 24.6 Å². The third-order valence-corrected chi connectivity index (χ3v) is 8.09. The van der Waals surface area contributed by atoms with Crippen molar-refractivity contribution in [1.82, 2.24) is 4.31 Å². The summed E-state index contributed by atoms with van der Waals surface area (Å²) in [6.07, 6.45) is 2.72. The van der Waals surface area contributed by atoms with Gasteiger partial charge in [-0.15, -0.1) is 0 Å². The normalized spacial score (nSPS) is 16.2. The number of anilines is 1. The Morgan fingerprint density at radius 1 is 0.889 bits per heavy atom. The Morgan fingerprint density at radius 2 is 1.59 bits per heavy atom. The molecule has 0 atom stereocenters. The number of aryl methyl sites for hydroxylation is 2. The second-order valence-corrected chi connectivity index (χ2v) is 10.5. The van der Waals surface area contributed by atoms with Crippen LogP contribution in [0.25, 0.3) is 0 Å². The summed E-state index contributed by atoms with van der Waals surface area (Å²) in [7, 11) is -7.43. The zero-order valence-electron chi connectivity index (χ0n) is 15.5. The Hall–Kier alpha value is -1.90. The first-order chi connectivity index (χ1) is 12.7. The van der Waals surface area contributed by atoms with Crippen LogP contribution in [0.5, 0.6) is 0 Å². The number of nitrogens with zero attached hydrogens (tertiary/aromatic N) is 1. The lowest BCUT2D eigenvalue weighted by molar-refractivity contribution is 0.346. The maximum absolute atomic E-state index is 12.8. The lowest BCUT2D eigenvalue weighted by Crippen LogP contribution is -2.35. The van der Waals surface area contributed by atoms with Crippen LogP contribution in [-0.4, -0.2) is 34.2 Å². The second-order valence-electron chi connectivity index (χ2n) is 6.87. The Bertz CT molecular complexity index is 1040. The van der Waals surface area contributed by atoms with Gasteiger partial charge in [-0.3, -0.25) is 4.72 Å². The van der Waals surface area contributed by atoms with E-state index >= 15 is 0 Å². The maximum atomic E-state index is 12.8. The molecule has 1 fully saturated rings. The molecule has 0 radical (unpaired) electrons. The minimum absolute atomic E-state index is 0.102. The largest absolute Gasteiger partial charge is 0.280 e. The van der Waals surface area contributed by atoms with Gasteiger partial charge in [-0.25, -0.2) is 16.8 Å². The Balaban J connectivity index is 1.91. The first-order valence-electron chi connectivity index (χ1n) is 8.90. The molecule has 1 saturated heterocycles. The first kappa shape index (κ1) is 19.9. The molecule has 0 aliphatic carbocycles. The van der Waals surface area contributed by atoms with Crippen molar-refractivity contribution in [2.24, 2.45) is 0 Å². The van der Waals surface area contributed by atoms with Crippen LogP contribution in [0.2, 0.25) is 0 Å². The SMILES string of the molecule is Cc1ccc(C)c(S(=O)(=O)Nc2cccc(S(=O)(=O)N3CCCCC3)c2)c1. The highest BCUT2D eigenvalue weighted by molar-refractivity contribution is 7.92. The van der Waals surface area contributed by atoms with E-state index in [-0.39, 0.29) is 15.5 Å². The summed E-state index contributed by atoms with van der Waals surface area (Å²) in [5.41, 5.74) is 1.70. The Kier molecular flexibility index (Phi) is 5.60. The molecule has 1 aliphatic rings. The van der Waals surface area contributed by atoms with Gasteiger partial charge in [0.1, 0.15) is 0 Å². The molecule has 1 aliphatic heterocycles. The molecule has 27 heavy (non-hydrogen) atoms. The second kappa shape index (κ2) is 7.61. The lowest BCUT2D eigenvalue weighted by Gasteiger charge is -2.26. The first-order valence-corrected chi connectivity index (χ1v) is 11.8. The summed E-state index contributed by atoms with van der Waals surface area (Å²) in [6.45, 7) is 4.55. The summed E-state index contributed by atoms with van der Waals surface area (Å²) < 4.78 is 55.2. The molecule has 2 aromatic rings. The standard InChI is InChI=1S/C19H24N2O4S2/c1-15-9-10-16(2)19(13-15)26(22,23)20-17-7-6-8-18(14-17)27(24,25)21-11-4-3-5-12-21/h6-10,13-14,20H,3-5,11-12H2,1-2H3. The van der Waals surface area contributed by atoms with Crippen LogP contribution < -0.4 is 4.72 Å². The number of sulfonamides is 2. The average molecular weight is 409 g/mol. The van der Waals surface area contributed by atoms with Crippen molar-refractivity contribution < 1.29 is 16.8 Å². The average Bonchev–Trinajstić information content (AvgIpc) is 2.64. The molecule has 0 saturated carbocycles. The summed E-state index contributed by atoms with van der Waals surface area (Å²) in [5.74, 6) is 0. The molecule has 1 N–H and O–H groups in total. The van der Waals surface area contributed by atoms with Gasteiger partial charge in [0.25, 0.3) is 10.0 Å². The van der Waals surface area contributed by atoms with Crippen LogP contribution in [0.15, 0.2) is 52.3 Å². The summed E-state index contributed by atoms with van der Waals surface area (Å²) in [4.78, 5) is 0.289. The van der Waals surface area contributed by atoms with Crippen LogP contribution >= 0.6 is 0 Å². The number of hydrogen-bond donors (Lipinski definition) is 1. The smallest absolute Gasteiger partial charge is 0.262 e. The monoisotopic (exact) mass is 408 g/mol. The highest BCUT2D eigenvalue weighted by Gasteiger charge is 2.26. The van der Waals surface area contributed by atoms with Crippen molar-refractivity contribution in [3.63, 3.8) is 0 Å². The van der Waals surface area contributed by atoms with E-state index in [0.29, 0.717) is 18.7 Å². The van der Waals surface area contributed by atoms with Crippen molar-refractivity contribution in [3.8, 4) is 0 Å². The van der Waals surface area contributed by atoms with Gasteiger partial charge in [0.2, 0.25) is 10.0 Å². The number of piperidine rings is 1. The Morgan fingerprint density at radius 3 is 2.30 bits per heavy atom. The molecule has 0 unspecified atom stereocenters. The summed E-state index contributed by atoms with van der Waals surface area (Å²) in [5, 5.41) is 0. The van der Waals surface area contributed by atoms with Crippen molar-refractivity contribution in [2.45, 2.75) is 42.9 Å². The molecule has 0 spiro atoms. The molecular formula is C19H24N2O4S2. The Labute approximate surface area is 161 Å². The van der Waals surface area contributed by atoms with Crippen LogP contribution in [0.1, 0.15) is 30.4 Å². The number of nitrogens with one attached hydrogen (secondary N) is 1. The number of benzene rings is 2. The lowest BCUT2D eigenvalue weighted by atomic mass is 10.2. The molecule has 0 aromatic heterocycles. The van der Waals surface area contributed by atoms with Gasteiger partial charge < -0.3 is 0 Å². The molecule has 0 amide bonds. The highest BCUT2D eigenvalue weighted by atomic mass is 32.2. The molecule has 146 valence electrons. The molecule has 0 bridgehead atoms. The number of rotatable bonds is 5. The zero-order valence-corrected chi connectivity index (χ0v) is 17.1. The topological polar surface area (TPSA) is 83.5 Å². The summed E-state index contributed by atoms with van der Waals surface area (Å²) in [6, 6.07) is 11.2. The van der Waals surface area contributed by atoms with E-state index in [2.05, 4.69) is 4.72 Å². The molecule has 6 nitrogen and oxygen atoms in total. The third-order valence-electron chi connectivity index (χ3n) is 4.67. The van der Waals surface area contributed by atoms with E-state index in [1.807, 2.05) is 13.0 Å². The molecule has 8 heteroatoms. The van der Waals surface area contributed by atoms with E-state index in [1.54, 1.807) is 31.2 Å². The molecule has 2 aromatic carbocycles. The third kappa shape index (κ3) is 4.34. The van der Waals surface area contributed by atoms with E-state index in [4.69, 9.17) is 0 Å². The number of hydrogen-bond acceptors (Lipinski definition) is 4. The van der Waals surface area contributed by atoms with Gasteiger partial charge >= 0.3 is 0 Å². The van der Waals surface area contributed by atoms with E-state index < -0.39 is 20.0 Å². The fourth-order valence-corrected chi connectivity index (χ4v) is 6.12. The van der Waals surface area contributed by atoms with Crippen molar-refractivity contribution in [1.29, 1.82) is 0 Å². The van der Waals surface area contributed by atoms with E-state index in [1.165, 1.54) is 16.4 Å². The van der Waals surface area contributed by atoms with Crippen molar-refractivity contribution in [2.75, 3.05) is 17.8 Å². The van der Waals surface area contributed by atoms with Crippen LogP contribution in [0.3, 0.4) is 0 Å². The van der Waals surface area contributed by atoms with Gasteiger partial charge in [0.15, 0.2) is 0 Å². The molecular weight excluding hydrogens is 384 g/mol. The van der Waals surface area contributed by atoms with Gasteiger partial charge in [-0.2, -0.15) is 4.31 Å².